The van der Waals surface area contributed by atoms with Gasteiger partial charge in [-0.2, -0.15) is 0 Å². The summed E-state index contributed by atoms with van der Waals surface area (Å²) in [6.45, 7) is 0.469. The molecule has 1 aliphatic rings. The van der Waals surface area contributed by atoms with E-state index < -0.39 is 16.1 Å². The number of nitrogens with one attached hydrogen (secondary N) is 2. The smallest absolute Gasteiger partial charge is 0.241 e. The van der Waals surface area contributed by atoms with Crippen molar-refractivity contribution in [2.75, 3.05) is 0 Å². The van der Waals surface area contributed by atoms with Crippen LogP contribution >= 0.6 is 12.4 Å². The molecule has 0 radical (unpaired) electrons. The van der Waals surface area contributed by atoms with Crippen molar-refractivity contribution in [1.29, 1.82) is 0 Å². The quantitative estimate of drug-likeness (QED) is 0.297. The van der Waals surface area contributed by atoms with Gasteiger partial charge in [-0.25, -0.2) is 13.1 Å². The van der Waals surface area contributed by atoms with Gasteiger partial charge < -0.3 is 11.1 Å². The predicted molar refractivity (Wildman–Crippen MR) is 149 cm³/mol. The van der Waals surface area contributed by atoms with Crippen molar-refractivity contribution in [2.24, 2.45) is 5.73 Å². The van der Waals surface area contributed by atoms with Crippen molar-refractivity contribution < 1.29 is 13.2 Å². The van der Waals surface area contributed by atoms with Crippen LogP contribution in [0, 0.1) is 0 Å². The van der Waals surface area contributed by atoms with Crippen LogP contribution in [-0.2, 0) is 27.8 Å². The van der Waals surface area contributed by atoms with Gasteiger partial charge in [-0.1, -0.05) is 78.9 Å². The van der Waals surface area contributed by atoms with E-state index in [0.717, 1.165) is 40.3 Å². The molecule has 8 heteroatoms. The third-order valence-electron chi connectivity index (χ3n) is 6.84. The van der Waals surface area contributed by atoms with Gasteiger partial charge in [-0.3, -0.25) is 4.79 Å². The van der Waals surface area contributed by atoms with Crippen LogP contribution in [0.1, 0.15) is 47.2 Å². The molecule has 5 rings (SSSR count). The number of hydrogen-bond donors (Lipinski definition) is 3. The molecule has 0 aliphatic heterocycles. The van der Waals surface area contributed by atoms with Gasteiger partial charge in [0.25, 0.3) is 0 Å². The third kappa shape index (κ3) is 5.86. The maximum absolute atomic E-state index is 13.4. The Hall–Kier alpha value is -3.23. The first kappa shape index (κ1) is 26.8. The zero-order valence-corrected chi connectivity index (χ0v) is 21.9. The number of benzene rings is 4. The number of fused-ring (bicyclic) bond motifs is 2. The molecule has 0 saturated heterocycles. The fourth-order valence-electron chi connectivity index (χ4n) is 5.01. The highest BCUT2D eigenvalue weighted by molar-refractivity contribution is 7.89. The van der Waals surface area contributed by atoms with Crippen LogP contribution in [0.3, 0.4) is 0 Å². The molecule has 6 nitrogen and oxygen atoms in total. The van der Waals surface area contributed by atoms with Gasteiger partial charge in [0.15, 0.2) is 0 Å². The highest BCUT2D eigenvalue weighted by Gasteiger charge is 2.28. The number of rotatable bonds is 8. The molecule has 4 N–H and O–H groups in total. The molecule has 0 saturated carbocycles. The zero-order chi connectivity index (χ0) is 25.1. The van der Waals surface area contributed by atoms with E-state index in [-0.39, 0.29) is 35.7 Å². The van der Waals surface area contributed by atoms with Crippen LogP contribution < -0.4 is 15.8 Å². The molecular weight excluding hydrogens is 506 g/mol. The van der Waals surface area contributed by atoms with Gasteiger partial charge in [-0.15, -0.1) is 12.4 Å². The van der Waals surface area contributed by atoms with E-state index in [1.807, 2.05) is 72.8 Å². The van der Waals surface area contributed by atoms with Gasteiger partial charge in [0.05, 0.1) is 17.0 Å². The lowest BCUT2D eigenvalue weighted by atomic mass is 10.0. The standard InChI is InChI=1S/C29H29N3O3S.ClH/c30-19-23-11-6-12-26-25(23)15-16-27(26)31-29(33)18-28(21-8-2-1-3-9-21)32-36(34,35)24-14-13-20-7-4-5-10-22(20)17-24;/h1-14,17,27-28,32H,15-16,18-19,30H2,(H,31,33);1H. The monoisotopic (exact) mass is 535 g/mol. The SMILES string of the molecule is Cl.NCc1cccc2c1CCC2NC(=O)CC(NS(=O)(=O)c1ccc2ccccc2c1)c1ccccc1. The van der Waals surface area contributed by atoms with E-state index in [2.05, 4.69) is 10.0 Å². The maximum Gasteiger partial charge on any atom is 0.241 e. The molecule has 192 valence electrons. The molecule has 4 aromatic rings. The highest BCUT2D eigenvalue weighted by atomic mass is 35.5. The molecular formula is C29H30ClN3O3S. The maximum atomic E-state index is 13.4. The fraction of sp³-hybridized carbons (Fsp3) is 0.207. The van der Waals surface area contributed by atoms with Gasteiger partial charge in [0.2, 0.25) is 15.9 Å². The lowest BCUT2D eigenvalue weighted by molar-refractivity contribution is -0.122. The minimum absolute atomic E-state index is 0. The number of carbonyl (C=O) groups excluding carboxylic acids is 1. The van der Waals surface area contributed by atoms with Gasteiger partial charge in [0.1, 0.15) is 0 Å². The number of halogens is 1. The van der Waals surface area contributed by atoms with E-state index >= 15 is 0 Å². The largest absolute Gasteiger partial charge is 0.349 e. The Morgan fingerprint density at radius 2 is 1.65 bits per heavy atom. The molecule has 0 aromatic heterocycles. The summed E-state index contributed by atoms with van der Waals surface area (Å²) in [4.78, 5) is 13.3. The fourth-order valence-corrected chi connectivity index (χ4v) is 6.27. The Labute approximate surface area is 223 Å². The summed E-state index contributed by atoms with van der Waals surface area (Å²) >= 11 is 0. The summed E-state index contributed by atoms with van der Waals surface area (Å²) in [7, 11) is -3.87. The molecule has 0 bridgehead atoms. The lowest BCUT2D eigenvalue weighted by Crippen LogP contribution is -2.35. The van der Waals surface area contributed by atoms with Crippen LogP contribution in [0.25, 0.3) is 10.8 Å². The van der Waals surface area contributed by atoms with Crippen molar-refractivity contribution >= 4 is 39.1 Å². The first-order valence-electron chi connectivity index (χ1n) is 12.1. The summed E-state index contributed by atoms with van der Waals surface area (Å²) in [5.41, 5.74) is 10.0. The van der Waals surface area contributed by atoms with E-state index in [0.29, 0.717) is 6.54 Å². The van der Waals surface area contributed by atoms with E-state index in [1.54, 1.807) is 18.2 Å². The van der Waals surface area contributed by atoms with Crippen LogP contribution in [0.5, 0.6) is 0 Å². The number of nitrogens with two attached hydrogens (primary N) is 1. The van der Waals surface area contributed by atoms with Crippen LogP contribution in [-0.4, -0.2) is 14.3 Å². The Bertz CT molecular complexity index is 1510. The van der Waals surface area contributed by atoms with E-state index in [4.69, 9.17) is 5.73 Å². The Morgan fingerprint density at radius 3 is 2.41 bits per heavy atom. The highest BCUT2D eigenvalue weighted by Crippen LogP contribution is 2.33. The van der Waals surface area contributed by atoms with Crippen molar-refractivity contribution in [3.8, 4) is 0 Å². The van der Waals surface area contributed by atoms with Crippen LogP contribution in [0.2, 0.25) is 0 Å². The average molecular weight is 536 g/mol. The number of amides is 1. The average Bonchev–Trinajstić information content (AvgIpc) is 3.31. The Morgan fingerprint density at radius 1 is 0.919 bits per heavy atom. The van der Waals surface area contributed by atoms with Gasteiger partial charge >= 0.3 is 0 Å². The Balaban J connectivity index is 0.00000320. The summed E-state index contributed by atoms with van der Waals surface area (Å²) in [5.74, 6) is -0.207. The second-order valence-electron chi connectivity index (χ2n) is 9.15. The van der Waals surface area contributed by atoms with Crippen molar-refractivity contribution in [3.63, 3.8) is 0 Å². The number of hydrogen-bond acceptors (Lipinski definition) is 4. The number of carbonyl (C=O) groups is 1. The first-order chi connectivity index (χ1) is 17.4. The lowest BCUT2D eigenvalue weighted by Gasteiger charge is -2.21. The summed E-state index contributed by atoms with van der Waals surface area (Å²) in [6, 6.07) is 27.1. The summed E-state index contributed by atoms with van der Waals surface area (Å²) in [6.07, 6.45) is 1.65. The van der Waals surface area contributed by atoms with E-state index in [9.17, 15) is 13.2 Å². The van der Waals surface area contributed by atoms with Crippen molar-refractivity contribution in [2.45, 2.75) is 42.8 Å². The molecule has 4 aromatic carbocycles. The first-order valence-corrected chi connectivity index (χ1v) is 13.6. The molecule has 1 amide bonds. The van der Waals surface area contributed by atoms with E-state index in [1.165, 1.54) is 5.56 Å². The topological polar surface area (TPSA) is 101 Å². The minimum atomic E-state index is -3.87. The zero-order valence-electron chi connectivity index (χ0n) is 20.3. The molecule has 37 heavy (non-hydrogen) atoms. The minimum Gasteiger partial charge on any atom is -0.349 e. The molecule has 0 spiro atoms. The molecule has 1 aliphatic carbocycles. The second kappa shape index (κ2) is 11.4. The number of sulfonamides is 1. The normalized spacial score (nSPS) is 15.5. The van der Waals surface area contributed by atoms with Crippen LogP contribution in [0.15, 0.2) is 95.9 Å². The van der Waals surface area contributed by atoms with Gasteiger partial charge in [0, 0.05) is 13.0 Å². The van der Waals surface area contributed by atoms with Crippen molar-refractivity contribution in [1.82, 2.24) is 10.0 Å². The third-order valence-corrected chi connectivity index (χ3v) is 8.31. The predicted octanol–water partition coefficient (Wildman–Crippen LogP) is 4.93. The van der Waals surface area contributed by atoms with Crippen molar-refractivity contribution in [3.05, 3.63) is 113 Å². The summed E-state index contributed by atoms with van der Waals surface area (Å²) in [5, 5.41) is 4.92. The molecule has 2 atom stereocenters. The van der Waals surface area contributed by atoms with Crippen LogP contribution in [0.4, 0.5) is 0 Å². The van der Waals surface area contributed by atoms with Gasteiger partial charge in [-0.05, 0) is 58.0 Å². The molecule has 2 unspecified atom stereocenters. The molecule has 0 heterocycles. The molecule has 0 fully saturated rings. The Kier molecular flexibility index (Phi) is 8.29. The summed E-state index contributed by atoms with van der Waals surface area (Å²) < 4.78 is 29.5. The second-order valence-corrected chi connectivity index (χ2v) is 10.9.